The fourth-order valence-electron chi connectivity index (χ4n) is 1.96. The van der Waals surface area contributed by atoms with E-state index < -0.39 is 5.41 Å². The van der Waals surface area contributed by atoms with Crippen LogP contribution in [0.1, 0.15) is 27.2 Å². The van der Waals surface area contributed by atoms with E-state index in [0.29, 0.717) is 13.0 Å². The van der Waals surface area contributed by atoms with Gasteiger partial charge in [-0.15, -0.1) is 0 Å². The smallest absolute Gasteiger partial charge is 0.173 e. The maximum absolute atomic E-state index is 9.21. The number of rotatable bonds is 0. The zero-order valence-electron chi connectivity index (χ0n) is 9.45. The predicted molar refractivity (Wildman–Crippen MR) is 56.6 cm³/mol. The Morgan fingerprint density at radius 3 is 2.33 bits per heavy atom. The molecule has 3 nitrogen and oxygen atoms in total. The minimum atomic E-state index is -1.05. The van der Waals surface area contributed by atoms with E-state index >= 15 is 0 Å². The first kappa shape index (κ1) is 11.8. The molecule has 0 bridgehead atoms. The fraction of sp³-hybridized carbons (Fsp3) is 0.667. The van der Waals surface area contributed by atoms with Crippen LogP contribution in [-0.4, -0.2) is 12.7 Å². The van der Waals surface area contributed by atoms with Crippen LogP contribution in [0.3, 0.4) is 0 Å². The third-order valence-corrected chi connectivity index (χ3v) is 2.60. The van der Waals surface area contributed by atoms with Crippen molar-refractivity contribution in [2.45, 2.75) is 33.3 Å². The van der Waals surface area contributed by atoms with Gasteiger partial charge in [-0.25, -0.2) is 0 Å². The van der Waals surface area contributed by atoms with Crippen molar-refractivity contribution in [1.29, 1.82) is 10.5 Å². The summed E-state index contributed by atoms with van der Waals surface area (Å²) in [5.41, 5.74) is -1.26. The van der Waals surface area contributed by atoms with Crippen LogP contribution in [0.15, 0.2) is 12.2 Å². The fourth-order valence-corrected chi connectivity index (χ4v) is 1.96. The summed E-state index contributed by atoms with van der Waals surface area (Å²) in [6, 6.07) is 4.25. The average molecular weight is 204 g/mol. The van der Waals surface area contributed by atoms with Gasteiger partial charge in [-0.3, -0.25) is 0 Å². The largest absolute Gasteiger partial charge is 0.371 e. The molecule has 0 N–H and O–H groups in total. The monoisotopic (exact) mass is 204 g/mol. The second kappa shape index (κ2) is 4.04. The topological polar surface area (TPSA) is 56.8 Å². The summed E-state index contributed by atoms with van der Waals surface area (Å²) < 4.78 is 5.63. The van der Waals surface area contributed by atoms with Gasteiger partial charge in [-0.05, 0) is 11.8 Å². The maximum Gasteiger partial charge on any atom is 0.173 e. The molecule has 0 aromatic carbocycles. The lowest BCUT2D eigenvalue weighted by Crippen LogP contribution is -2.43. The van der Waals surface area contributed by atoms with Crippen LogP contribution in [0.25, 0.3) is 0 Å². The molecule has 3 heteroatoms. The second-order valence-electron chi connectivity index (χ2n) is 4.95. The zero-order chi connectivity index (χ0) is 11.5. The number of allylic oxidation sites excluding steroid dienone is 1. The van der Waals surface area contributed by atoms with Gasteiger partial charge in [0.2, 0.25) is 0 Å². The molecule has 1 aliphatic heterocycles. The van der Waals surface area contributed by atoms with Crippen LogP contribution < -0.4 is 0 Å². The molecule has 0 saturated carbocycles. The highest BCUT2D eigenvalue weighted by molar-refractivity contribution is 5.22. The molecule has 1 unspecified atom stereocenters. The molecule has 0 radical (unpaired) electrons. The summed E-state index contributed by atoms with van der Waals surface area (Å²) >= 11 is 0. The molecule has 15 heavy (non-hydrogen) atoms. The van der Waals surface area contributed by atoms with Gasteiger partial charge in [0.1, 0.15) is 0 Å². The summed E-state index contributed by atoms with van der Waals surface area (Å²) in [5, 5.41) is 18.4. The first-order valence-corrected chi connectivity index (χ1v) is 5.05. The average Bonchev–Trinajstić information content (AvgIpc) is 2.39. The van der Waals surface area contributed by atoms with Gasteiger partial charge >= 0.3 is 0 Å². The molecule has 0 aromatic rings. The normalized spacial score (nSPS) is 25.0. The highest BCUT2D eigenvalue weighted by Crippen LogP contribution is 2.40. The van der Waals surface area contributed by atoms with Crippen LogP contribution in [0.4, 0.5) is 0 Å². The molecule has 1 heterocycles. The van der Waals surface area contributed by atoms with E-state index in [4.69, 9.17) is 4.74 Å². The van der Waals surface area contributed by atoms with E-state index in [1.165, 1.54) is 0 Å². The summed E-state index contributed by atoms with van der Waals surface area (Å²) in [6.07, 6.45) is 3.82. The quantitative estimate of drug-likeness (QED) is 0.569. The highest BCUT2D eigenvalue weighted by atomic mass is 16.5. The van der Waals surface area contributed by atoms with E-state index in [9.17, 15) is 10.5 Å². The van der Waals surface area contributed by atoms with Crippen molar-refractivity contribution in [1.82, 2.24) is 0 Å². The van der Waals surface area contributed by atoms with E-state index in [2.05, 4.69) is 12.1 Å². The first-order chi connectivity index (χ1) is 6.96. The van der Waals surface area contributed by atoms with Gasteiger partial charge in [0, 0.05) is 0 Å². The predicted octanol–water partition coefficient (Wildman–Crippen LogP) is 2.41. The van der Waals surface area contributed by atoms with Crippen LogP contribution in [0.2, 0.25) is 0 Å². The Morgan fingerprint density at radius 2 is 1.87 bits per heavy atom. The molecule has 1 aliphatic rings. The van der Waals surface area contributed by atoms with Crippen LogP contribution >= 0.6 is 0 Å². The molecule has 1 atom stereocenters. The van der Waals surface area contributed by atoms with Crippen molar-refractivity contribution in [2.75, 3.05) is 6.61 Å². The third kappa shape index (κ3) is 2.19. The van der Waals surface area contributed by atoms with E-state index in [1.54, 1.807) is 0 Å². The van der Waals surface area contributed by atoms with Gasteiger partial charge < -0.3 is 4.74 Å². The van der Waals surface area contributed by atoms with Crippen molar-refractivity contribution in [3.05, 3.63) is 12.2 Å². The molecule has 1 rings (SSSR count). The second-order valence-corrected chi connectivity index (χ2v) is 4.95. The van der Waals surface area contributed by atoms with E-state index in [0.717, 1.165) is 0 Å². The molecular weight excluding hydrogens is 188 g/mol. The molecule has 0 fully saturated rings. The minimum absolute atomic E-state index is 0.211. The van der Waals surface area contributed by atoms with Gasteiger partial charge in [-0.2, -0.15) is 10.5 Å². The molecule has 0 aliphatic carbocycles. The Balaban J connectivity index is 3.13. The molecule has 0 spiro atoms. The summed E-state index contributed by atoms with van der Waals surface area (Å²) in [6.45, 7) is 6.46. The highest BCUT2D eigenvalue weighted by Gasteiger charge is 2.46. The van der Waals surface area contributed by atoms with Gasteiger partial charge in [0.05, 0.1) is 24.8 Å². The Kier molecular flexibility index (Phi) is 3.17. The van der Waals surface area contributed by atoms with Crippen molar-refractivity contribution in [2.24, 2.45) is 10.8 Å². The SMILES string of the molecule is CC(C)(C)C1OCC=CCC1(C#N)C#N. The number of nitrogens with zero attached hydrogens (tertiary/aromatic N) is 2. The molecule has 0 saturated heterocycles. The van der Waals surface area contributed by atoms with Gasteiger partial charge in [-0.1, -0.05) is 32.9 Å². The summed E-state index contributed by atoms with van der Waals surface area (Å²) in [5.74, 6) is 0. The third-order valence-electron chi connectivity index (χ3n) is 2.60. The minimum Gasteiger partial charge on any atom is -0.371 e. The number of nitriles is 2. The number of hydrogen-bond acceptors (Lipinski definition) is 3. The standard InChI is InChI=1S/C12H16N2O/c1-11(2,3)10-12(8-13,9-14)6-4-5-7-15-10/h4-5,10H,6-7H2,1-3H3. The lowest BCUT2D eigenvalue weighted by atomic mass is 9.70. The van der Waals surface area contributed by atoms with Crippen LogP contribution in [0.5, 0.6) is 0 Å². The first-order valence-electron chi connectivity index (χ1n) is 5.05. The Morgan fingerprint density at radius 1 is 1.27 bits per heavy atom. The zero-order valence-corrected chi connectivity index (χ0v) is 9.45. The lowest BCUT2D eigenvalue weighted by molar-refractivity contribution is -0.0460. The van der Waals surface area contributed by atoms with Crippen LogP contribution in [0, 0.1) is 33.5 Å². The van der Waals surface area contributed by atoms with Crippen molar-refractivity contribution < 1.29 is 4.74 Å². The van der Waals surface area contributed by atoms with Crippen molar-refractivity contribution in [3.8, 4) is 12.1 Å². The molecule has 0 aromatic heterocycles. The molecular formula is C12H16N2O. The Hall–Kier alpha value is -1.32. The van der Waals surface area contributed by atoms with Gasteiger partial charge in [0.15, 0.2) is 5.41 Å². The van der Waals surface area contributed by atoms with Gasteiger partial charge in [0.25, 0.3) is 0 Å². The number of hydrogen-bond donors (Lipinski definition) is 0. The van der Waals surface area contributed by atoms with Crippen molar-refractivity contribution in [3.63, 3.8) is 0 Å². The Bertz CT molecular complexity index is 324. The number of ether oxygens (including phenoxy) is 1. The van der Waals surface area contributed by atoms with Crippen molar-refractivity contribution >= 4 is 0 Å². The molecule has 0 amide bonds. The summed E-state index contributed by atoms with van der Waals surface area (Å²) in [4.78, 5) is 0. The molecule has 80 valence electrons. The Labute approximate surface area is 91.0 Å². The lowest BCUT2D eigenvalue weighted by Gasteiger charge is -2.36. The van der Waals surface area contributed by atoms with E-state index in [1.807, 2.05) is 32.9 Å². The maximum atomic E-state index is 9.21. The van der Waals surface area contributed by atoms with E-state index in [-0.39, 0.29) is 11.5 Å². The van der Waals surface area contributed by atoms with Crippen LogP contribution in [-0.2, 0) is 4.74 Å². The summed E-state index contributed by atoms with van der Waals surface area (Å²) in [7, 11) is 0.